The van der Waals surface area contributed by atoms with Gasteiger partial charge >= 0.3 is 0 Å². The molecule has 0 radical (unpaired) electrons. The van der Waals surface area contributed by atoms with E-state index < -0.39 is 0 Å². The van der Waals surface area contributed by atoms with E-state index in [1.807, 2.05) is 0 Å². The molecule has 0 amide bonds. The molecule has 0 unspecified atom stereocenters. The highest BCUT2D eigenvalue weighted by molar-refractivity contribution is 5.80. The summed E-state index contributed by atoms with van der Waals surface area (Å²) >= 11 is 0. The van der Waals surface area contributed by atoms with Gasteiger partial charge in [0.1, 0.15) is 11.6 Å². The lowest BCUT2D eigenvalue weighted by Gasteiger charge is -2.62. The van der Waals surface area contributed by atoms with Gasteiger partial charge in [-0.05, 0) is 99.2 Å². The highest BCUT2D eigenvalue weighted by atomic mass is 16.7. The molecule has 0 aromatic heterocycles. The Balaban J connectivity index is 1.50. The van der Waals surface area contributed by atoms with Crippen molar-refractivity contribution >= 4 is 11.6 Å². The Morgan fingerprint density at radius 2 is 1.90 bits per heavy atom. The molecule has 5 fully saturated rings. The third kappa shape index (κ3) is 3.23. The van der Waals surface area contributed by atoms with Crippen LogP contribution in [0.25, 0.3) is 0 Å². The van der Waals surface area contributed by atoms with Gasteiger partial charge in [-0.3, -0.25) is 9.59 Å². The Kier molecular flexibility index (Phi) is 5.41. The van der Waals surface area contributed by atoms with Crippen LogP contribution in [0.1, 0.15) is 91.4 Å². The molecule has 5 rings (SSSR count). The fourth-order valence-corrected chi connectivity index (χ4v) is 8.94. The quantitative estimate of drug-likeness (QED) is 0.624. The van der Waals surface area contributed by atoms with Crippen LogP contribution < -0.4 is 0 Å². The Labute approximate surface area is 181 Å². The Hall–Kier alpha value is -0.740. The smallest absolute Gasteiger partial charge is 0.157 e. The Bertz CT molecular complexity index is 697. The van der Waals surface area contributed by atoms with Gasteiger partial charge in [-0.15, -0.1) is 0 Å². The predicted molar refractivity (Wildman–Crippen MR) is 115 cm³/mol. The molecule has 1 heterocycles. The van der Waals surface area contributed by atoms with Crippen molar-refractivity contribution in [1.29, 1.82) is 0 Å². The van der Waals surface area contributed by atoms with E-state index in [-0.39, 0.29) is 29.1 Å². The first-order valence-electron chi connectivity index (χ1n) is 12.6. The van der Waals surface area contributed by atoms with Gasteiger partial charge in [0.2, 0.25) is 0 Å². The number of Topliss-reactive ketones (excluding diaryl/α,β-unsaturated/α-hetero) is 2. The number of carbonyl (C=O) groups is 2. The molecule has 30 heavy (non-hydrogen) atoms. The summed E-state index contributed by atoms with van der Waals surface area (Å²) in [5, 5.41) is 0. The second-order valence-electron chi connectivity index (χ2n) is 11.7. The minimum absolute atomic E-state index is 0.0556. The van der Waals surface area contributed by atoms with Gasteiger partial charge < -0.3 is 9.47 Å². The summed E-state index contributed by atoms with van der Waals surface area (Å²) in [7, 11) is 0. The van der Waals surface area contributed by atoms with Crippen LogP contribution in [0.4, 0.5) is 0 Å². The molecule has 5 aliphatic rings. The van der Waals surface area contributed by atoms with Crippen LogP contribution in [0.15, 0.2) is 0 Å². The monoisotopic (exact) mass is 416 g/mol. The number of hydrogen-bond donors (Lipinski definition) is 0. The molecule has 0 bridgehead atoms. The summed E-state index contributed by atoms with van der Waals surface area (Å²) in [6.07, 6.45) is 11.5. The van der Waals surface area contributed by atoms with Crippen molar-refractivity contribution in [3.8, 4) is 0 Å². The maximum atomic E-state index is 12.6. The lowest BCUT2D eigenvalue weighted by molar-refractivity contribution is -0.252. The number of fused-ring (bicyclic) bond motifs is 5. The van der Waals surface area contributed by atoms with Crippen molar-refractivity contribution in [2.45, 2.75) is 104 Å². The van der Waals surface area contributed by atoms with Crippen molar-refractivity contribution in [3.05, 3.63) is 0 Å². The zero-order chi connectivity index (χ0) is 21.1. The SMILES string of the molecule is CC(=O)[C@H]1CC[C@H]2[C@@H]3CC[C@@H]4CC(=O)CC[C@]4(C)[C@H]3[C@H](O[C@H]3CCCCO3)C[C@]12C. The van der Waals surface area contributed by atoms with Crippen LogP contribution in [0, 0.1) is 40.4 Å². The van der Waals surface area contributed by atoms with Crippen LogP contribution >= 0.6 is 0 Å². The van der Waals surface area contributed by atoms with Gasteiger partial charge in [-0.1, -0.05) is 13.8 Å². The van der Waals surface area contributed by atoms with Crippen molar-refractivity contribution < 1.29 is 19.1 Å². The summed E-state index contributed by atoms with van der Waals surface area (Å²) < 4.78 is 12.8. The molecule has 168 valence electrons. The summed E-state index contributed by atoms with van der Waals surface area (Å²) in [5.41, 5.74) is 0.242. The van der Waals surface area contributed by atoms with E-state index >= 15 is 0 Å². The van der Waals surface area contributed by atoms with E-state index in [0.717, 1.165) is 51.6 Å². The zero-order valence-corrected chi connectivity index (χ0v) is 19.2. The van der Waals surface area contributed by atoms with Gasteiger partial charge in [0.25, 0.3) is 0 Å². The normalized spacial score (nSPS) is 51.0. The molecule has 1 aliphatic heterocycles. The van der Waals surface area contributed by atoms with E-state index in [9.17, 15) is 9.59 Å². The maximum Gasteiger partial charge on any atom is 0.157 e. The second kappa shape index (κ2) is 7.69. The average Bonchev–Trinajstić information content (AvgIpc) is 3.06. The highest BCUT2D eigenvalue weighted by Crippen LogP contribution is 2.67. The molecule has 0 aromatic carbocycles. The van der Waals surface area contributed by atoms with Gasteiger partial charge in [-0.2, -0.15) is 0 Å². The largest absolute Gasteiger partial charge is 0.353 e. The molecule has 0 N–H and O–H groups in total. The molecular weight excluding hydrogens is 376 g/mol. The lowest BCUT2D eigenvalue weighted by atomic mass is 9.44. The minimum Gasteiger partial charge on any atom is -0.353 e. The Morgan fingerprint density at radius 1 is 1.07 bits per heavy atom. The number of hydrogen-bond acceptors (Lipinski definition) is 4. The number of ether oxygens (including phenoxy) is 2. The summed E-state index contributed by atoms with van der Waals surface area (Å²) in [6.45, 7) is 7.47. The van der Waals surface area contributed by atoms with Crippen LogP contribution in [0.2, 0.25) is 0 Å². The van der Waals surface area contributed by atoms with Gasteiger partial charge in [-0.25, -0.2) is 0 Å². The van der Waals surface area contributed by atoms with Crippen LogP contribution in [-0.4, -0.2) is 30.6 Å². The molecule has 4 heteroatoms. The summed E-state index contributed by atoms with van der Waals surface area (Å²) in [4.78, 5) is 24.9. The molecule has 1 saturated heterocycles. The maximum absolute atomic E-state index is 12.6. The molecule has 0 aromatic rings. The van der Waals surface area contributed by atoms with Crippen molar-refractivity contribution in [1.82, 2.24) is 0 Å². The van der Waals surface area contributed by atoms with Crippen molar-refractivity contribution in [2.24, 2.45) is 40.4 Å². The lowest BCUT2D eigenvalue weighted by Crippen LogP contribution is -2.60. The fraction of sp³-hybridized carbons (Fsp3) is 0.923. The molecule has 4 saturated carbocycles. The van der Waals surface area contributed by atoms with Crippen LogP contribution in [0.3, 0.4) is 0 Å². The first-order valence-corrected chi connectivity index (χ1v) is 12.6. The molecule has 0 spiro atoms. The first-order chi connectivity index (χ1) is 14.3. The third-order valence-corrected chi connectivity index (χ3v) is 10.3. The van der Waals surface area contributed by atoms with E-state index in [4.69, 9.17) is 9.47 Å². The molecule has 4 aliphatic carbocycles. The van der Waals surface area contributed by atoms with Crippen LogP contribution in [0.5, 0.6) is 0 Å². The van der Waals surface area contributed by atoms with Crippen molar-refractivity contribution in [2.75, 3.05) is 6.61 Å². The summed E-state index contributed by atoms with van der Waals surface area (Å²) in [5.74, 6) is 3.26. The predicted octanol–water partition coefficient (Wildman–Crippen LogP) is 5.33. The molecule has 9 atom stereocenters. The zero-order valence-electron chi connectivity index (χ0n) is 19.2. The fourth-order valence-electron chi connectivity index (χ4n) is 8.94. The molecular formula is C26H40O4. The second-order valence-corrected chi connectivity index (χ2v) is 11.7. The highest BCUT2D eigenvalue weighted by Gasteiger charge is 2.64. The van der Waals surface area contributed by atoms with Crippen molar-refractivity contribution in [3.63, 3.8) is 0 Å². The number of rotatable bonds is 3. The van der Waals surface area contributed by atoms with Gasteiger partial charge in [0, 0.05) is 25.4 Å². The Morgan fingerprint density at radius 3 is 2.63 bits per heavy atom. The minimum atomic E-state index is -0.0871. The topological polar surface area (TPSA) is 52.6 Å². The van der Waals surface area contributed by atoms with E-state index in [0.29, 0.717) is 35.2 Å². The molecule has 4 nitrogen and oxygen atoms in total. The van der Waals surface area contributed by atoms with E-state index in [2.05, 4.69) is 13.8 Å². The standard InChI is InChI=1S/C26H40O4/c1-16(27)20-9-10-21-19-8-7-17-14-18(28)11-12-25(17,2)24(19)22(15-26(20,21)3)30-23-6-4-5-13-29-23/h17,19-24H,4-15H2,1-3H3/t17-,19+,20-,21+,22-,23+,24-,25+,26-/m1/s1. The third-order valence-electron chi connectivity index (χ3n) is 10.3. The average molecular weight is 417 g/mol. The van der Waals surface area contributed by atoms with Crippen LogP contribution in [-0.2, 0) is 19.1 Å². The van der Waals surface area contributed by atoms with Gasteiger partial charge in [0.15, 0.2) is 6.29 Å². The number of ketones is 2. The first kappa shape index (κ1) is 21.1. The number of carbonyl (C=O) groups excluding carboxylic acids is 2. The van der Waals surface area contributed by atoms with E-state index in [1.54, 1.807) is 6.92 Å². The van der Waals surface area contributed by atoms with Gasteiger partial charge in [0.05, 0.1) is 6.10 Å². The summed E-state index contributed by atoms with van der Waals surface area (Å²) in [6, 6.07) is 0. The van der Waals surface area contributed by atoms with E-state index in [1.165, 1.54) is 25.7 Å².